The molecule has 3 aromatic rings. The summed E-state index contributed by atoms with van der Waals surface area (Å²) in [5, 5.41) is 0. The molecule has 0 aromatic heterocycles. The lowest BCUT2D eigenvalue weighted by Crippen LogP contribution is -2.49. The van der Waals surface area contributed by atoms with Gasteiger partial charge in [-0.2, -0.15) is 0 Å². The number of hydrogen-bond donors (Lipinski definition) is 0. The van der Waals surface area contributed by atoms with E-state index in [0.717, 1.165) is 55.3 Å². The summed E-state index contributed by atoms with van der Waals surface area (Å²) >= 11 is 0. The van der Waals surface area contributed by atoms with Crippen LogP contribution in [0.15, 0.2) is 79.4 Å². The molecule has 5 rings (SSSR count). The van der Waals surface area contributed by atoms with Crippen molar-refractivity contribution in [2.24, 2.45) is 0 Å². The molecule has 1 saturated heterocycles. The molecule has 9 heteroatoms. The molecule has 1 unspecified atom stereocenters. The van der Waals surface area contributed by atoms with Crippen LogP contribution in [0.5, 0.6) is 17.2 Å². The third kappa shape index (κ3) is 9.83. The highest BCUT2D eigenvalue weighted by Crippen LogP contribution is 2.37. The number of nitrogens with zero attached hydrogens (tertiary/aromatic N) is 2. The molecule has 0 radical (unpaired) electrons. The van der Waals surface area contributed by atoms with E-state index < -0.39 is 24.0 Å². The van der Waals surface area contributed by atoms with Gasteiger partial charge in [-0.05, 0) is 98.0 Å². The van der Waals surface area contributed by atoms with Crippen molar-refractivity contribution in [2.45, 2.75) is 64.5 Å². The first-order valence-electron chi connectivity index (χ1n) is 18.3. The highest BCUT2D eigenvalue weighted by Gasteiger charge is 2.37. The zero-order valence-electron chi connectivity index (χ0n) is 31.4. The van der Waals surface area contributed by atoms with Crippen LogP contribution >= 0.6 is 0 Å². The van der Waals surface area contributed by atoms with Gasteiger partial charge in [-0.3, -0.25) is 9.69 Å². The molecule has 1 amide bonds. The van der Waals surface area contributed by atoms with Crippen LogP contribution in [-0.4, -0.2) is 87.9 Å². The number of benzene rings is 3. The average molecular weight is 711 g/mol. The summed E-state index contributed by atoms with van der Waals surface area (Å²) in [6.45, 7) is 15.0. The van der Waals surface area contributed by atoms with E-state index in [1.165, 1.54) is 16.7 Å². The number of esters is 1. The molecule has 0 aliphatic carbocycles. The Morgan fingerprint density at radius 2 is 1.75 bits per heavy atom. The van der Waals surface area contributed by atoms with E-state index in [2.05, 4.69) is 43.5 Å². The number of ether oxygens (including phenoxy) is 5. The number of rotatable bonds is 16. The van der Waals surface area contributed by atoms with E-state index in [-0.39, 0.29) is 5.91 Å². The molecule has 0 spiro atoms. The van der Waals surface area contributed by atoms with E-state index >= 15 is 0 Å². The molecular weight excluding hydrogens is 656 g/mol. The lowest BCUT2D eigenvalue weighted by atomic mass is 9.91. The van der Waals surface area contributed by atoms with Gasteiger partial charge >= 0.3 is 5.97 Å². The van der Waals surface area contributed by atoms with Crippen molar-refractivity contribution in [1.29, 1.82) is 0 Å². The molecule has 52 heavy (non-hydrogen) atoms. The Labute approximate surface area is 309 Å². The lowest BCUT2D eigenvalue weighted by molar-refractivity contribution is -0.160. The molecule has 2 aliphatic rings. The average Bonchev–Trinajstić information content (AvgIpc) is 3.16. The van der Waals surface area contributed by atoms with Crippen molar-refractivity contribution >= 4 is 11.9 Å². The largest absolute Gasteiger partial charge is 0.493 e. The summed E-state index contributed by atoms with van der Waals surface area (Å²) < 4.78 is 29.2. The summed E-state index contributed by atoms with van der Waals surface area (Å²) in [6, 6.07) is 17.3. The van der Waals surface area contributed by atoms with Crippen LogP contribution in [-0.2, 0) is 25.5 Å². The summed E-state index contributed by atoms with van der Waals surface area (Å²) in [5.74, 6) is 0.740. The van der Waals surface area contributed by atoms with E-state index in [1.54, 1.807) is 25.2 Å². The van der Waals surface area contributed by atoms with Gasteiger partial charge in [0.05, 0.1) is 33.4 Å². The molecule has 3 atom stereocenters. The maximum Gasteiger partial charge on any atom is 0.329 e. The van der Waals surface area contributed by atoms with Crippen LogP contribution in [0.25, 0.3) is 0 Å². The fraction of sp³-hybridized carbons (Fsp3) is 0.442. The van der Waals surface area contributed by atoms with E-state index in [1.807, 2.05) is 55.5 Å². The lowest BCUT2D eigenvalue weighted by Gasteiger charge is -2.35. The summed E-state index contributed by atoms with van der Waals surface area (Å²) in [4.78, 5) is 32.6. The summed E-state index contributed by atoms with van der Waals surface area (Å²) in [7, 11) is 3.18. The molecular formula is C43H54N2O7. The first kappa shape index (κ1) is 38.6. The number of methoxy groups -OCH3 is 2. The van der Waals surface area contributed by atoms with E-state index in [0.29, 0.717) is 50.3 Å². The van der Waals surface area contributed by atoms with E-state index in [9.17, 15) is 9.59 Å². The quantitative estimate of drug-likeness (QED) is 0.115. The van der Waals surface area contributed by atoms with Crippen LogP contribution < -0.4 is 14.2 Å². The third-order valence-electron chi connectivity index (χ3n) is 10.1. The zero-order chi connectivity index (χ0) is 37.0. The number of allylic oxidation sites excluding steroid dienone is 1. The Balaban J connectivity index is 1.37. The Hall–Kier alpha value is -4.60. The molecule has 2 heterocycles. The number of aryl methyl sites for hydroxylation is 4. The van der Waals surface area contributed by atoms with Crippen molar-refractivity contribution in [3.63, 3.8) is 0 Å². The molecule has 3 aromatic carbocycles. The second-order valence-electron chi connectivity index (χ2n) is 13.6. The minimum Gasteiger partial charge on any atom is -0.493 e. The van der Waals surface area contributed by atoms with Gasteiger partial charge in [-0.15, -0.1) is 6.58 Å². The number of morpholine rings is 1. The first-order chi connectivity index (χ1) is 25.2. The van der Waals surface area contributed by atoms with Crippen molar-refractivity contribution in [3.8, 4) is 17.2 Å². The van der Waals surface area contributed by atoms with Gasteiger partial charge in [0.15, 0.2) is 11.5 Å². The van der Waals surface area contributed by atoms with Gasteiger partial charge in [0.2, 0.25) is 5.91 Å². The highest BCUT2D eigenvalue weighted by atomic mass is 16.5. The molecule has 2 aliphatic heterocycles. The Morgan fingerprint density at radius 1 is 0.942 bits per heavy atom. The van der Waals surface area contributed by atoms with Gasteiger partial charge in [0, 0.05) is 26.2 Å². The summed E-state index contributed by atoms with van der Waals surface area (Å²) in [6.07, 6.45) is 7.13. The molecule has 9 nitrogen and oxygen atoms in total. The fourth-order valence-electron chi connectivity index (χ4n) is 6.96. The van der Waals surface area contributed by atoms with Crippen LogP contribution in [0.2, 0.25) is 0 Å². The topological polar surface area (TPSA) is 86.8 Å². The zero-order valence-corrected chi connectivity index (χ0v) is 31.4. The standard InChI is InChI=1S/C43H54N2O7/c1-7-11-37(35-27-32(4)41(49-6)40(29-35)48-5)42(46)45-19-9-8-14-38(45)43(47)52-39(18-17-33-16-15-30(2)31(3)26-33)34-12-10-13-36(28-34)51-25-22-44-20-23-50-24-21-44/h7-10,12-13,15-16,26-29,37-39H,1,11,14,17-25H2,2-6H3/t37-,38-,39?/m0/s1. The molecule has 1 fully saturated rings. The van der Waals surface area contributed by atoms with Crippen LogP contribution in [0.3, 0.4) is 0 Å². The number of carbonyl (C=O) groups excluding carboxylic acids is 2. The number of hydrogen-bond acceptors (Lipinski definition) is 8. The van der Waals surface area contributed by atoms with Gasteiger partial charge in [-0.1, -0.05) is 54.6 Å². The minimum atomic E-state index is -0.775. The van der Waals surface area contributed by atoms with Crippen molar-refractivity contribution in [1.82, 2.24) is 9.80 Å². The van der Waals surface area contributed by atoms with Crippen LogP contribution in [0.1, 0.15) is 64.7 Å². The maximum absolute atomic E-state index is 14.4. The van der Waals surface area contributed by atoms with Gasteiger partial charge in [0.1, 0.15) is 24.5 Å². The van der Waals surface area contributed by atoms with E-state index in [4.69, 9.17) is 23.7 Å². The number of amides is 1. The molecule has 0 bridgehead atoms. The van der Waals surface area contributed by atoms with Gasteiger partial charge in [-0.25, -0.2) is 4.79 Å². The summed E-state index contributed by atoms with van der Waals surface area (Å²) in [5.41, 5.74) is 6.13. The Morgan fingerprint density at radius 3 is 2.48 bits per heavy atom. The Bertz CT molecular complexity index is 1710. The van der Waals surface area contributed by atoms with Crippen molar-refractivity contribution < 1.29 is 33.3 Å². The van der Waals surface area contributed by atoms with Crippen LogP contribution in [0, 0.1) is 20.8 Å². The molecule has 0 N–H and O–H groups in total. The minimum absolute atomic E-state index is 0.167. The second-order valence-corrected chi connectivity index (χ2v) is 13.6. The predicted molar refractivity (Wildman–Crippen MR) is 203 cm³/mol. The number of carbonyl (C=O) groups is 2. The fourth-order valence-corrected chi connectivity index (χ4v) is 6.96. The first-order valence-corrected chi connectivity index (χ1v) is 18.3. The SMILES string of the molecule is C=CC[C@H](C(=O)N1CC=CC[C@H]1C(=O)OC(CCc1ccc(C)c(C)c1)c1cccc(OCCN2CCOCC2)c1)c1cc(C)c(OC)c(OC)c1. The van der Waals surface area contributed by atoms with Crippen LogP contribution in [0.4, 0.5) is 0 Å². The second kappa shape index (κ2) is 18.8. The Kier molecular flexibility index (Phi) is 13.9. The molecule has 278 valence electrons. The van der Waals surface area contributed by atoms with Crippen molar-refractivity contribution in [2.75, 3.05) is 60.2 Å². The van der Waals surface area contributed by atoms with Gasteiger partial charge in [0.25, 0.3) is 0 Å². The normalized spacial score (nSPS) is 17.2. The maximum atomic E-state index is 14.4. The predicted octanol–water partition coefficient (Wildman–Crippen LogP) is 7.07. The smallest absolute Gasteiger partial charge is 0.329 e. The third-order valence-corrected chi connectivity index (χ3v) is 10.1. The highest BCUT2D eigenvalue weighted by molar-refractivity contribution is 5.89. The monoisotopic (exact) mass is 710 g/mol. The molecule has 0 saturated carbocycles. The van der Waals surface area contributed by atoms with Gasteiger partial charge < -0.3 is 28.6 Å². The van der Waals surface area contributed by atoms with Crippen molar-refractivity contribution in [3.05, 3.63) is 113 Å².